The van der Waals surface area contributed by atoms with Crippen molar-refractivity contribution < 1.29 is 30.5 Å². The Hall–Kier alpha value is -2.28. The van der Waals surface area contributed by atoms with E-state index in [9.17, 15) is 21.6 Å². The number of nitriles is 1. The van der Waals surface area contributed by atoms with Gasteiger partial charge in [0, 0.05) is 0 Å². The molecule has 1 heterocycles. The zero-order chi connectivity index (χ0) is 16.8. The van der Waals surface area contributed by atoms with Gasteiger partial charge in [-0.1, -0.05) is 0 Å². The molecule has 0 unspecified atom stereocenters. The first kappa shape index (κ1) is 16.1. The Morgan fingerprint density at radius 1 is 1.36 bits per heavy atom. The van der Waals surface area contributed by atoms with Gasteiger partial charge in [0.1, 0.15) is 5.75 Å². The standard InChI is InChI=1S/C12H9F3N2O4S/c1-11(2)17-10(21-22(18,19)12(13,14)15)8-5-7(6-16)3-4-9(8)20-11/h3-5H,1-2H3. The van der Waals surface area contributed by atoms with Gasteiger partial charge in [-0.15, -0.1) is 0 Å². The number of halogens is 3. The summed E-state index contributed by atoms with van der Waals surface area (Å²) in [6.07, 6.45) is 0. The van der Waals surface area contributed by atoms with E-state index in [-0.39, 0.29) is 16.9 Å². The average molecular weight is 334 g/mol. The van der Waals surface area contributed by atoms with Crippen LogP contribution in [0.15, 0.2) is 23.2 Å². The van der Waals surface area contributed by atoms with Gasteiger partial charge in [0.2, 0.25) is 5.90 Å². The fourth-order valence-electron chi connectivity index (χ4n) is 1.67. The van der Waals surface area contributed by atoms with Gasteiger partial charge in [0.05, 0.1) is 17.2 Å². The van der Waals surface area contributed by atoms with Crippen molar-refractivity contribution in [3.63, 3.8) is 0 Å². The molecule has 1 aromatic rings. The Morgan fingerprint density at radius 2 is 2.00 bits per heavy atom. The van der Waals surface area contributed by atoms with Crippen LogP contribution in [0.4, 0.5) is 13.2 Å². The van der Waals surface area contributed by atoms with E-state index in [4.69, 9.17) is 10.00 Å². The molecular formula is C12H9F3N2O4S. The van der Waals surface area contributed by atoms with Crippen molar-refractivity contribution >= 4 is 16.0 Å². The van der Waals surface area contributed by atoms with Crippen LogP contribution in [0, 0.1) is 11.3 Å². The molecule has 0 radical (unpaired) electrons. The lowest BCUT2D eigenvalue weighted by Gasteiger charge is -2.29. The Kier molecular flexibility index (Phi) is 3.57. The molecule has 22 heavy (non-hydrogen) atoms. The lowest BCUT2D eigenvalue weighted by Crippen LogP contribution is -2.36. The second-order valence-electron chi connectivity index (χ2n) is 4.77. The van der Waals surface area contributed by atoms with Crippen LogP contribution in [-0.4, -0.2) is 25.5 Å². The second kappa shape index (κ2) is 4.88. The lowest BCUT2D eigenvalue weighted by molar-refractivity contribution is -0.0506. The maximum atomic E-state index is 12.5. The Labute approximate surface area is 123 Å². The van der Waals surface area contributed by atoms with Gasteiger partial charge in [-0.05, 0) is 32.0 Å². The van der Waals surface area contributed by atoms with Crippen LogP contribution in [0.3, 0.4) is 0 Å². The van der Waals surface area contributed by atoms with E-state index in [1.807, 2.05) is 0 Å². The van der Waals surface area contributed by atoms with E-state index in [0.717, 1.165) is 6.07 Å². The van der Waals surface area contributed by atoms with Crippen molar-refractivity contribution in [1.29, 1.82) is 5.26 Å². The molecule has 0 bridgehead atoms. The third kappa shape index (κ3) is 2.99. The SMILES string of the molecule is CC1(C)N=C(OS(=O)(=O)C(F)(F)F)c2cc(C#N)ccc2O1. The van der Waals surface area contributed by atoms with E-state index in [1.165, 1.54) is 26.0 Å². The molecule has 1 aliphatic heterocycles. The molecule has 0 N–H and O–H groups in total. The summed E-state index contributed by atoms with van der Waals surface area (Å²) in [5, 5.41) is 8.82. The molecule has 6 nitrogen and oxygen atoms in total. The largest absolute Gasteiger partial charge is 0.534 e. The number of benzene rings is 1. The molecule has 0 saturated carbocycles. The van der Waals surface area contributed by atoms with E-state index >= 15 is 0 Å². The van der Waals surface area contributed by atoms with Gasteiger partial charge in [-0.2, -0.15) is 26.9 Å². The highest BCUT2D eigenvalue weighted by molar-refractivity contribution is 7.88. The molecule has 0 saturated heterocycles. The molecule has 118 valence electrons. The van der Waals surface area contributed by atoms with E-state index in [2.05, 4.69) is 9.18 Å². The van der Waals surface area contributed by atoms with Crippen molar-refractivity contribution in [2.45, 2.75) is 25.1 Å². The summed E-state index contributed by atoms with van der Waals surface area (Å²) in [7, 11) is -5.88. The van der Waals surface area contributed by atoms with Crippen molar-refractivity contribution in [1.82, 2.24) is 0 Å². The maximum absolute atomic E-state index is 12.5. The summed E-state index contributed by atoms with van der Waals surface area (Å²) in [4.78, 5) is 3.71. The number of hydrogen-bond donors (Lipinski definition) is 0. The smallest absolute Gasteiger partial charge is 0.466 e. The minimum Gasteiger partial charge on any atom is -0.466 e. The predicted molar refractivity (Wildman–Crippen MR) is 68.5 cm³/mol. The number of fused-ring (bicyclic) bond motifs is 1. The molecule has 0 aromatic heterocycles. The first-order valence-electron chi connectivity index (χ1n) is 5.79. The van der Waals surface area contributed by atoms with Crippen LogP contribution < -0.4 is 4.74 Å². The van der Waals surface area contributed by atoms with Gasteiger partial charge in [0.15, 0.2) is 5.72 Å². The van der Waals surface area contributed by atoms with Crippen LogP contribution in [0.2, 0.25) is 0 Å². The number of aliphatic imine (C=N–C) groups is 1. The monoisotopic (exact) mass is 334 g/mol. The summed E-state index contributed by atoms with van der Waals surface area (Å²) < 4.78 is 69.2. The minimum atomic E-state index is -5.88. The molecule has 1 aromatic carbocycles. The van der Waals surface area contributed by atoms with Crippen LogP contribution in [-0.2, 0) is 14.3 Å². The molecular weight excluding hydrogens is 325 g/mol. The lowest BCUT2D eigenvalue weighted by atomic mass is 10.1. The third-order valence-corrected chi connectivity index (χ3v) is 3.49. The molecule has 1 aliphatic rings. The quantitative estimate of drug-likeness (QED) is 0.581. The number of rotatable bonds is 1. The topological polar surface area (TPSA) is 88.8 Å². The van der Waals surface area contributed by atoms with Crippen molar-refractivity contribution in [3.8, 4) is 11.8 Å². The highest BCUT2D eigenvalue weighted by Crippen LogP contribution is 2.34. The van der Waals surface area contributed by atoms with Crippen LogP contribution in [0.25, 0.3) is 0 Å². The maximum Gasteiger partial charge on any atom is 0.534 e. The molecule has 0 aliphatic carbocycles. The summed E-state index contributed by atoms with van der Waals surface area (Å²) in [6, 6.07) is 5.61. The van der Waals surface area contributed by atoms with Gasteiger partial charge in [0.25, 0.3) is 0 Å². The molecule has 0 spiro atoms. The van der Waals surface area contributed by atoms with E-state index in [1.54, 1.807) is 6.07 Å². The molecule has 0 fully saturated rings. The predicted octanol–water partition coefficient (Wildman–Crippen LogP) is 2.30. The zero-order valence-corrected chi connectivity index (χ0v) is 12.1. The number of alkyl halides is 3. The fourth-order valence-corrected chi connectivity index (χ4v) is 2.10. The first-order chi connectivity index (χ1) is 9.95. The van der Waals surface area contributed by atoms with Crippen LogP contribution in [0.5, 0.6) is 5.75 Å². The van der Waals surface area contributed by atoms with Crippen LogP contribution >= 0.6 is 0 Å². The summed E-state index contributed by atoms with van der Waals surface area (Å²) in [6.45, 7) is 2.83. The Morgan fingerprint density at radius 3 is 2.55 bits per heavy atom. The second-order valence-corrected chi connectivity index (χ2v) is 6.31. The van der Waals surface area contributed by atoms with Crippen molar-refractivity contribution in [2.75, 3.05) is 0 Å². The summed E-state index contributed by atoms with van der Waals surface area (Å²) >= 11 is 0. The first-order valence-corrected chi connectivity index (χ1v) is 7.20. The normalized spacial score (nSPS) is 16.8. The highest BCUT2D eigenvalue weighted by atomic mass is 32.2. The van der Waals surface area contributed by atoms with Gasteiger partial charge < -0.3 is 8.92 Å². The Balaban J connectivity index is 2.55. The van der Waals surface area contributed by atoms with E-state index < -0.39 is 27.2 Å². The van der Waals surface area contributed by atoms with Gasteiger partial charge >= 0.3 is 15.6 Å². The van der Waals surface area contributed by atoms with Crippen LogP contribution in [0.1, 0.15) is 25.0 Å². The fraction of sp³-hybridized carbons (Fsp3) is 0.333. The minimum absolute atomic E-state index is 0.0615. The average Bonchev–Trinajstić information content (AvgIpc) is 2.35. The number of ether oxygens (including phenoxy) is 1. The van der Waals surface area contributed by atoms with Crippen molar-refractivity contribution in [2.24, 2.45) is 4.99 Å². The molecule has 2 rings (SSSR count). The number of nitrogens with zero attached hydrogens (tertiary/aromatic N) is 2. The highest BCUT2D eigenvalue weighted by Gasteiger charge is 2.50. The number of hydrogen-bond acceptors (Lipinski definition) is 6. The van der Waals surface area contributed by atoms with E-state index in [0.29, 0.717) is 0 Å². The zero-order valence-electron chi connectivity index (χ0n) is 11.3. The van der Waals surface area contributed by atoms with Gasteiger partial charge in [-0.25, -0.2) is 4.99 Å². The Bertz CT molecular complexity index is 792. The van der Waals surface area contributed by atoms with Gasteiger partial charge in [-0.3, -0.25) is 0 Å². The summed E-state index contributed by atoms with van der Waals surface area (Å²) in [5.74, 6) is -0.716. The molecule has 0 amide bonds. The van der Waals surface area contributed by atoms with Crippen molar-refractivity contribution in [3.05, 3.63) is 29.3 Å². The third-order valence-electron chi connectivity index (χ3n) is 2.54. The molecule has 10 heteroatoms. The molecule has 0 atom stereocenters. The summed E-state index contributed by atoms with van der Waals surface area (Å²) in [5.41, 5.74) is -6.98.